The van der Waals surface area contributed by atoms with Crippen LogP contribution in [0.3, 0.4) is 0 Å². The summed E-state index contributed by atoms with van der Waals surface area (Å²) in [6.07, 6.45) is 2.35. The van der Waals surface area contributed by atoms with E-state index >= 15 is 0 Å². The largest absolute Gasteiger partial charge is 0.353 e. The van der Waals surface area contributed by atoms with Gasteiger partial charge in [-0.3, -0.25) is 0 Å². The number of para-hydroxylation sites is 2. The van der Waals surface area contributed by atoms with Crippen LogP contribution >= 0.6 is 12.4 Å². The lowest BCUT2D eigenvalue weighted by molar-refractivity contribution is 0.475. The van der Waals surface area contributed by atoms with Crippen molar-refractivity contribution in [2.24, 2.45) is 0 Å². The lowest BCUT2D eigenvalue weighted by Crippen LogP contribution is -2.36. The number of rotatable bonds is 3. The minimum Gasteiger partial charge on any atom is -0.353 e. The Hall–Kier alpha value is -1.26. The molecule has 104 valence electrons. The molecule has 19 heavy (non-hydrogen) atoms. The molecule has 0 atom stereocenters. The first-order valence-corrected chi connectivity index (χ1v) is 6.81. The Balaban J connectivity index is 0.00000133. The second kappa shape index (κ2) is 6.26. The van der Waals surface area contributed by atoms with Crippen LogP contribution < -0.4 is 10.6 Å². The average Bonchev–Trinajstić information content (AvgIpc) is 2.77. The molecule has 1 aliphatic rings. The van der Waals surface area contributed by atoms with Gasteiger partial charge in [-0.05, 0) is 45.0 Å². The Kier molecular flexibility index (Phi) is 4.66. The van der Waals surface area contributed by atoms with Crippen LogP contribution in [0.25, 0.3) is 11.0 Å². The summed E-state index contributed by atoms with van der Waals surface area (Å²) in [5.41, 5.74) is 2.30. The van der Waals surface area contributed by atoms with Crippen LogP contribution in [0.1, 0.15) is 19.8 Å². The molecule has 0 spiro atoms. The minimum atomic E-state index is 0. The Morgan fingerprint density at radius 1 is 1.32 bits per heavy atom. The number of hydrogen-bond acceptors (Lipinski definition) is 3. The van der Waals surface area contributed by atoms with Crippen molar-refractivity contribution >= 4 is 29.4 Å². The van der Waals surface area contributed by atoms with E-state index in [2.05, 4.69) is 40.3 Å². The zero-order valence-electron chi connectivity index (χ0n) is 11.2. The van der Waals surface area contributed by atoms with Crippen molar-refractivity contribution in [1.29, 1.82) is 0 Å². The third-order valence-corrected chi connectivity index (χ3v) is 3.64. The number of imidazole rings is 1. The molecule has 0 bridgehead atoms. The van der Waals surface area contributed by atoms with Crippen LogP contribution in [0.15, 0.2) is 24.3 Å². The molecule has 3 rings (SSSR count). The maximum Gasteiger partial charge on any atom is 0.204 e. The summed E-state index contributed by atoms with van der Waals surface area (Å²) < 4.78 is 2.26. The van der Waals surface area contributed by atoms with Crippen molar-refractivity contribution in [3.8, 4) is 0 Å². The molecule has 4 nitrogen and oxygen atoms in total. The third kappa shape index (κ3) is 2.85. The molecule has 0 aliphatic carbocycles. The fourth-order valence-corrected chi connectivity index (χ4v) is 2.65. The van der Waals surface area contributed by atoms with Crippen molar-refractivity contribution < 1.29 is 0 Å². The molecule has 0 radical (unpaired) electrons. The van der Waals surface area contributed by atoms with E-state index < -0.39 is 0 Å². The van der Waals surface area contributed by atoms with Gasteiger partial charge in [0.2, 0.25) is 5.95 Å². The average molecular weight is 281 g/mol. The maximum absolute atomic E-state index is 4.71. The van der Waals surface area contributed by atoms with Gasteiger partial charge < -0.3 is 15.2 Å². The SMILES string of the molecule is CCn1c(NC2CCNCC2)nc2ccccc21.Cl. The standard InChI is InChI=1S/C14H20N4.ClH/c1-2-18-13-6-4-3-5-12(13)17-14(18)16-11-7-9-15-10-8-11;/h3-6,11,15H,2,7-10H2,1H3,(H,16,17);1H. The van der Waals surface area contributed by atoms with Crippen molar-refractivity contribution in [3.05, 3.63) is 24.3 Å². The van der Waals surface area contributed by atoms with Gasteiger partial charge in [0.25, 0.3) is 0 Å². The molecule has 1 saturated heterocycles. The summed E-state index contributed by atoms with van der Waals surface area (Å²) >= 11 is 0. The lowest BCUT2D eigenvalue weighted by Gasteiger charge is -2.24. The second-order valence-electron chi connectivity index (χ2n) is 4.84. The zero-order valence-corrected chi connectivity index (χ0v) is 12.0. The maximum atomic E-state index is 4.71. The fourth-order valence-electron chi connectivity index (χ4n) is 2.65. The Bertz CT molecular complexity index is 531. The number of aryl methyl sites for hydroxylation is 1. The van der Waals surface area contributed by atoms with Crippen LogP contribution in [0.5, 0.6) is 0 Å². The quantitative estimate of drug-likeness (QED) is 0.908. The van der Waals surface area contributed by atoms with Gasteiger partial charge in [-0.15, -0.1) is 12.4 Å². The van der Waals surface area contributed by atoms with Crippen LogP contribution in [0.2, 0.25) is 0 Å². The first kappa shape index (κ1) is 14.2. The van der Waals surface area contributed by atoms with Crippen molar-refractivity contribution in [3.63, 3.8) is 0 Å². The Morgan fingerprint density at radius 3 is 2.79 bits per heavy atom. The monoisotopic (exact) mass is 280 g/mol. The highest BCUT2D eigenvalue weighted by Gasteiger charge is 2.16. The summed E-state index contributed by atoms with van der Waals surface area (Å²) in [5, 5.41) is 6.99. The summed E-state index contributed by atoms with van der Waals surface area (Å²) in [4.78, 5) is 4.71. The molecule has 2 heterocycles. The number of hydrogen-bond donors (Lipinski definition) is 2. The van der Waals surface area contributed by atoms with E-state index in [1.807, 2.05) is 6.07 Å². The van der Waals surface area contributed by atoms with E-state index in [1.165, 1.54) is 18.4 Å². The number of piperidine rings is 1. The first-order valence-electron chi connectivity index (χ1n) is 6.81. The predicted molar refractivity (Wildman–Crippen MR) is 82.2 cm³/mol. The molecule has 2 N–H and O–H groups in total. The van der Waals surface area contributed by atoms with E-state index in [1.54, 1.807) is 0 Å². The highest BCUT2D eigenvalue weighted by molar-refractivity contribution is 5.85. The fraction of sp³-hybridized carbons (Fsp3) is 0.500. The van der Waals surface area contributed by atoms with Gasteiger partial charge in [0.15, 0.2) is 0 Å². The molecule has 1 fully saturated rings. The Labute approximate surface area is 120 Å². The van der Waals surface area contributed by atoms with Crippen molar-refractivity contribution in [2.45, 2.75) is 32.4 Å². The molecule has 1 aliphatic heterocycles. The van der Waals surface area contributed by atoms with Gasteiger partial charge in [0, 0.05) is 12.6 Å². The van der Waals surface area contributed by atoms with Gasteiger partial charge in [0.1, 0.15) is 0 Å². The number of anilines is 1. The molecule has 0 saturated carbocycles. The number of nitrogens with zero attached hydrogens (tertiary/aromatic N) is 2. The third-order valence-electron chi connectivity index (χ3n) is 3.64. The van der Waals surface area contributed by atoms with Gasteiger partial charge in [0.05, 0.1) is 11.0 Å². The zero-order chi connectivity index (χ0) is 12.4. The molecular formula is C14H21ClN4. The normalized spacial score (nSPS) is 16.3. The number of aromatic nitrogens is 2. The summed E-state index contributed by atoms with van der Waals surface area (Å²) in [6, 6.07) is 8.89. The van der Waals surface area contributed by atoms with Gasteiger partial charge >= 0.3 is 0 Å². The number of fused-ring (bicyclic) bond motifs is 1. The minimum absolute atomic E-state index is 0. The topological polar surface area (TPSA) is 41.9 Å². The smallest absolute Gasteiger partial charge is 0.204 e. The lowest BCUT2D eigenvalue weighted by atomic mass is 10.1. The number of nitrogens with one attached hydrogen (secondary N) is 2. The van der Waals surface area contributed by atoms with Gasteiger partial charge in [-0.1, -0.05) is 12.1 Å². The van der Waals surface area contributed by atoms with Gasteiger partial charge in [-0.2, -0.15) is 0 Å². The van der Waals surface area contributed by atoms with Crippen molar-refractivity contribution in [1.82, 2.24) is 14.9 Å². The van der Waals surface area contributed by atoms with E-state index in [0.29, 0.717) is 6.04 Å². The van der Waals surface area contributed by atoms with Crippen LogP contribution in [-0.2, 0) is 6.54 Å². The highest BCUT2D eigenvalue weighted by Crippen LogP contribution is 2.21. The van der Waals surface area contributed by atoms with Crippen LogP contribution in [0, 0.1) is 0 Å². The molecule has 2 aromatic rings. The van der Waals surface area contributed by atoms with Gasteiger partial charge in [-0.25, -0.2) is 4.98 Å². The molecule has 0 amide bonds. The molecular weight excluding hydrogens is 260 g/mol. The molecule has 1 aromatic heterocycles. The summed E-state index contributed by atoms with van der Waals surface area (Å²) in [6.45, 7) is 5.32. The van der Waals surface area contributed by atoms with Crippen LogP contribution in [-0.4, -0.2) is 28.7 Å². The van der Waals surface area contributed by atoms with Crippen molar-refractivity contribution in [2.75, 3.05) is 18.4 Å². The first-order chi connectivity index (χ1) is 8.88. The predicted octanol–water partition coefficient (Wildman–Crippen LogP) is 2.64. The molecule has 0 unspecified atom stereocenters. The van der Waals surface area contributed by atoms with Crippen LogP contribution in [0.4, 0.5) is 5.95 Å². The van der Waals surface area contributed by atoms with E-state index in [0.717, 1.165) is 31.1 Å². The molecule has 1 aromatic carbocycles. The second-order valence-corrected chi connectivity index (χ2v) is 4.84. The van der Waals surface area contributed by atoms with E-state index in [-0.39, 0.29) is 12.4 Å². The summed E-state index contributed by atoms with van der Waals surface area (Å²) in [5.74, 6) is 1.02. The number of benzene rings is 1. The number of halogens is 1. The van der Waals surface area contributed by atoms with E-state index in [4.69, 9.17) is 4.98 Å². The molecule has 5 heteroatoms. The highest BCUT2D eigenvalue weighted by atomic mass is 35.5. The summed E-state index contributed by atoms with van der Waals surface area (Å²) in [7, 11) is 0. The Morgan fingerprint density at radius 2 is 2.05 bits per heavy atom. The van der Waals surface area contributed by atoms with E-state index in [9.17, 15) is 0 Å².